The van der Waals surface area contributed by atoms with E-state index in [0.717, 1.165) is 33.6 Å². The lowest BCUT2D eigenvalue weighted by atomic mass is 9.79. The van der Waals surface area contributed by atoms with E-state index >= 15 is 0 Å². The Bertz CT molecular complexity index is 2730. The van der Waals surface area contributed by atoms with Crippen LogP contribution in [0.4, 0.5) is 17.1 Å². The average Bonchev–Trinajstić information content (AvgIpc) is 3.65. The Labute approximate surface area is 285 Å². The lowest BCUT2D eigenvalue weighted by molar-refractivity contribution is 0.657. The van der Waals surface area contributed by atoms with Gasteiger partial charge in [-0.15, -0.1) is 0 Å². The molecule has 0 N–H and O–H groups in total. The van der Waals surface area contributed by atoms with E-state index in [0.29, 0.717) is 0 Å². The molecule has 2 heteroatoms. The quantitative estimate of drug-likeness (QED) is 0.193. The fourth-order valence-electron chi connectivity index (χ4n) is 8.39. The molecular formula is C47H33NO. The van der Waals surface area contributed by atoms with Gasteiger partial charge in [0.25, 0.3) is 0 Å². The molecule has 1 aliphatic carbocycles. The minimum Gasteiger partial charge on any atom is -0.455 e. The van der Waals surface area contributed by atoms with Crippen molar-refractivity contribution in [2.75, 3.05) is 4.90 Å². The molecule has 0 saturated heterocycles. The fourth-order valence-corrected chi connectivity index (χ4v) is 8.39. The van der Waals surface area contributed by atoms with Crippen LogP contribution < -0.4 is 4.90 Å². The summed E-state index contributed by atoms with van der Waals surface area (Å²) in [5, 5.41) is 7.24. The first-order chi connectivity index (χ1) is 24.1. The number of hydrogen-bond donors (Lipinski definition) is 0. The number of rotatable bonds is 4. The standard InChI is InChI=1S/C47H33NO/c1-47(2)40-21-11-10-20-38(40)44-45(47)37-19-9-8-18-36(37)43-39-29-34(27-28-42(39)49-46(43)44)48(41-22-12-16-32-15-6-7-17-35(32)41)33-25-23-31(24-26-33)30-13-4-3-5-14-30/h3-29H,1-2H3. The summed E-state index contributed by atoms with van der Waals surface area (Å²) in [6, 6.07) is 59.2. The zero-order chi connectivity index (χ0) is 32.7. The van der Waals surface area contributed by atoms with E-state index in [-0.39, 0.29) is 5.41 Å². The van der Waals surface area contributed by atoms with Crippen LogP contribution in [-0.2, 0) is 5.41 Å². The second-order valence-corrected chi connectivity index (χ2v) is 13.7. The molecule has 0 bridgehead atoms. The number of furan rings is 1. The summed E-state index contributed by atoms with van der Waals surface area (Å²) in [7, 11) is 0. The maximum Gasteiger partial charge on any atom is 0.144 e. The van der Waals surface area contributed by atoms with E-state index in [2.05, 4.69) is 183 Å². The predicted molar refractivity (Wildman–Crippen MR) is 206 cm³/mol. The van der Waals surface area contributed by atoms with Gasteiger partial charge in [-0.05, 0) is 80.4 Å². The Morgan fingerprint density at radius 3 is 2.00 bits per heavy atom. The summed E-state index contributed by atoms with van der Waals surface area (Å²) in [4.78, 5) is 2.39. The molecule has 0 radical (unpaired) electrons. The Hall–Kier alpha value is -6.12. The minimum atomic E-state index is -0.138. The fraction of sp³-hybridized carbons (Fsp3) is 0.0638. The summed E-state index contributed by atoms with van der Waals surface area (Å²) in [6.07, 6.45) is 0. The zero-order valence-corrected chi connectivity index (χ0v) is 27.4. The molecule has 8 aromatic carbocycles. The van der Waals surface area contributed by atoms with Crippen molar-refractivity contribution in [1.82, 2.24) is 0 Å². The van der Waals surface area contributed by atoms with E-state index in [4.69, 9.17) is 4.42 Å². The Kier molecular flexibility index (Phi) is 5.95. The van der Waals surface area contributed by atoms with Crippen molar-refractivity contribution in [1.29, 1.82) is 0 Å². The van der Waals surface area contributed by atoms with Crippen molar-refractivity contribution >= 4 is 60.5 Å². The second-order valence-electron chi connectivity index (χ2n) is 13.7. The molecule has 10 rings (SSSR count). The van der Waals surface area contributed by atoms with Gasteiger partial charge in [-0.25, -0.2) is 0 Å². The van der Waals surface area contributed by atoms with Crippen LogP contribution in [0.15, 0.2) is 168 Å². The molecule has 0 saturated carbocycles. The summed E-state index contributed by atoms with van der Waals surface area (Å²) in [5.41, 5.74) is 12.7. The molecule has 9 aromatic rings. The highest BCUT2D eigenvalue weighted by Crippen LogP contribution is 2.56. The maximum atomic E-state index is 6.92. The lowest BCUT2D eigenvalue weighted by Gasteiger charge is -2.27. The van der Waals surface area contributed by atoms with E-state index in [9.17, 15) is 0 Å². The number of hydrogen-bond acceptors (Lipinski definition) is 2. The number of anilines is 3. The Morgan fingerprint density at radius 2 is 1.16 bits per heavy atom. The normalized spacial score (nSPS) is 13.3. The van der Waals surface area contributed by atoms with Crippen molar-refractivity contribution < 1.29 is 4.42 Å². The first-order valence-electron chi connectivity index (χ1n) is 17.0. The highest BCUT2D eigenvalue weighted by atomic mass is 16.3. The van der Waals surface area contributed by atoms with Gasteiger partial charge in [-0.1, -0.05) is 141 Å². The number of fused-ring (bicyclic) bond motifs is 11. The molecule has 0 aliphatic heterocycles. The summed E-state index contributed by atoms with van der Waals surface area (Å²) in [6.45, 7) is 4.70. The molecule has 0 unspecified atom stereocenters. The van der Waals surface area contributed by atoms with E-state index in [1.165, 1.54) is 60.3 Å². The van der Waals surface area contributed by atoms with E-state index in [1.54, 1.807) is 0 Å². The Morgan fingerprint density at radius 1 is 0.510 bits per heavy atom. The van der Waals surface area contributed by atoms with Gasteiger partial charge < -0.3 is 9.32 Å². The molecule has 232 valence electrons. The average molecular weight is 628 g/mol. The van der Waals surface area contributed by atoms with Gasteiger partial charge in [-0.2, -0.15) is 0 Å². The number of benzene rings is 8. The van der Waals surface area contributed by atoms with Crippen LogP contribution in [0.5, 0.6) is 0 Å². The molecule has 2 nitrogen and oxygen atoms in total. The zero-order valence-electron chi connectivity index (χ0n) is 27.4. The molecule has 1 aromatic heterocycles. The first kappa shape index (κ1) is 27.9. The molecule has 0 fully saturated rings. The SMILES string of the molecule is CC1(C)c2ccccc2-c2c1c1ccccc1c1c2oc2ccc(N(c3ccc(-c4ccccc4)cc3)c3cccc4ccccc34)cc21. The molecular weight excluding hydrogens is 595 g/mol. The molecule has 0 amide bonds. The van der Waals surface area contributed by atoms with Gasteiger partial charge in [-0.3, -0.25) is 0 Å². The number of nitrogens with zero attached hydrogens (tertiary/aromatic N) is 1. The van der Waals surface area contributed by atoms with Gasteiger partial charge in [0.2, 0.25) is 0 Å². The summed E-state index contributed by atoms with van der Waals surface area (Å²) >= 11 is 0. The minimum absolute atomic E-state index is 0.138. The smallest absolute Gasteiger partial charge is 0.144 e. The molecule has 0 atom stereocenters. The van der Waals surface area contributed by atoms with Crippen LogP contribution in [0.1, 0.15) is 25.0 Å². The third-order valence-corrected chi connectivity index (χ3v) is 10.6. The van der Waals surface area contributed by atoms with Crippen LogP contribution in [0.2, 0.25) is 0 Å². The van der Waals surface area contributed by atoms with Crippen molar-refractivity contribution in [2.24, 2.45) is 0 Å². The molecule has 1 heterocycles. The van der Waals surface area contributed by atoms with Crippen LogP contribution in [0.25, 0.3) is 65.7 Å². The van der Waals surface area contributed by atoms with Gasteiger partial charge in [0.05, 0.1) is 5.69 Å². The van der Waals surface area contributed by atoms with Crippen molar-refractivity contribution in [2.45, 2.75) is 19.3 Å². The summed E-state index contributed by atoms with van der Waals surface area (Å²) in [5.74, 6) is 0. The van der Waals surface area contributed by atoms with Crippen molar-refractivity contribution in [3.8, 4) is 22.3 Å². The molecule has 49 heavy (non-hydrogen) atoms. The third-order valence-electron chi connectivity index (χ3n) is 10.6. The van der Waals surface area contributed by atoms with Crippen molar-refractivity contribution in [3.05, 3.63) is 175 Å². The van der Waals surface area contributed by atoms with Crippen LogP contribution >= 0.6 is 0 Å². The van der Waals surface area contributed by atoms with E-state index in [1.807, 2.05) is 0 Å². The topological polar surface area (TPSA) is 16.4 Å². The highest BCUT2D eigenvalue weighted by Gasteiger charge is 2.39. The van der Waals surface area contributed by atoms with Gasteiger partial charge in [0.1, 0.15) is 11.2 Å². The van der Waals surface area contributed by atoms with E-state index < -0.39 is 0 Å². The first-order valence-corrected chi connectivity index (χ1v) is 17.0. The van der Waals surface area contributed by atoms with Crippen LogP contribution in [0, 0.1) is 0 Å². The summed E-state index contributed by atoms with van der Waals surface area (Å²) < 4.78 is 6.92. The van der Waals surface area contributed by atoms with Gasteiger partial charge >= 0.3 is 0 Å². The lowest BCUT2D eigenvalue weighted by Crippen LogP contribution is -2.15. The van der Waals surface area contributed by atoms with Gasteiger partial charge in [0, 0.05) is 38.5 Å². The third kappa shape index (κ3) is 4.07. The van der Waals surface area contributed by atoms with Gasteiger partial charge in [0.15, 0.2) is 0 Å². The van der Waals surface area contributed by atoms with Crippen molar-refractivity contribution in [3.63, 3.8) is 0 Å². The van der Waals surface area contributed by atoms with Crippen LogP contribution in [-0.4, -0.2) is 0 Å². The Balaban J connectivity index is 1.25. The largest absolute Gasteiger partial charge is 0.455 e. The molecule has 1 aliphatic rings. The predicted octanol–water partition coefficient (Wildman–Crippen LogP) is 13.3. The second kappa shape index (κ2) is 10.4. The maximum absolute atomic E-state index is 6.92. The van der Waals surface area contributed by atoms with Crippen LogP contribution in [0.3, 0.4) is 0 Å². The molecule has 0 spiro atoms. The monoisotopic (exact) mass is 627 g/mol. The highest BCUT2D eigenvalue weighted by molar-refractivity contribution is 6.25.